The number of aromatic nitrogens is 2. The molecule has 0 saturated carbocycles. The van der Waals surface area contributed by atoms with Crippen LogP contribution in [0.25, 0.3) is 0 Å². The molecule has 10 heteroatoms. The highest BCUT2D eigenvalue weighted by Gasteiger charge is 2.30. The number of carbonyl (C=O) groups is 1. The molecule has 1 amide bonds. The highest BCUT2D eigenvalue weighted by molar-refractivity contribution is 5.94. The zero-order valence-corrected chi connectivity index (χ0v) is 22.4. The minimum absolute atomic E-state index is 0.123. The Balaban J connectivity index is 0.000000572. The Morgan fingerprint density at radius 1 is 1.11 bits per heavy atom. The second kappa shape index (κ2) is 14.1. The first kappa shape index (κ1) is 29.4. The van der Waals surface area contributed by atoms with Crippen molar-refractivity contribution in [1.82, 2.24) is 29.6 Å². The summed E-state index contributed by atoms with van der Waals surface area (Å²) in [6, 6.07) is 5.52. The standard InChI is InChI=1S/C20H26FN5O3.C6H15N/c1-4-26-10-9-24(2)15(12-26)18-23-16(17(27)20(29)25(18)3)19(28)22-11-13-5-7-14(21)8-6-13;1-4-7(5-2)6-3/h5-8,15,27H,4,9-12H2,1-3H3,(H,22,28);4-6H2,1-3H3. The molecule has 36 heavy (non-hydrogen) atoms. The van der Waals surface area contributed by atoms with Crippen LogP contribution >= 0.6 is 0 Å². The number of rotatable bonds is 8. The van der Waals surface area contributed by atoms with Gasteiger partial charge in [-0.15, -0.1) is 0 Å². The number of amides is 1. The van der Waals surface area contributed by atoms with Gasteiger partial charge in [-0.2, -0.15) is 0 Å². The van der Waals surface area contributed by atoms with Crippen molar-refractivity contribution in [2.45, 2.75) is 40.3 Å². The Bertz CT molecular complexity index is 1030. The van der Waals surface area contributed by atoms with Gasteiger partial charge in [-0.1, -0.05) is 39.8 Å². The van der Waals surface area contributed by atoms with E-state index in [1.165, 1.54) is 36.3 Å². The van der Waals surface area contributed by atoms with Gasteiger partial charge in [-0.05, 0) is 50.9 Å². The maximum atomic E-state index is 13.0. The summed E-state index contributed by atoms with van der Waals surface area (Å²) in [7, 11) is 3.49. The third-order valence-corrected chi connectivity index (χ3v) is 6.70. The van der Waals surface area contributed by atoms with E-state index in [0.29, 0.717) is 17.9 Å². The molecule has 1 atom stereocenters. The zero-order chi connectivity index (χ0) is 26.8. The second-order valence-electron chi connectivity index (χ2n) is 8.85. The van der Waals surface area contributed by atoms with E-state index in [-0.39, 0.29) is 24.1 Å². The van der Waals surface area contributed by atoms with Crippen LogP contribution in [-0.2, 0) is 13.6 Å². The van der Waals surface area contributed by atoms with Gasteiger partial charge >= 0.3 is 0 Å². The van der Waals surface area contributed by atoms with Crippen molar-refractivity contribution in [3.05, 3.63) is 57.5 Å². The average molecular weight is 505 g/mol. The third kappa shape index (κ3) is 7.59. The van der Waals surface area contributed by atoms with Crippen molar-refractivity contribution in [2.24, 2.45) is 7.05 Å². The molecule has 9 nitrogen and oxygen atoms in total. The van der Waals surface area contributed by atoms with Gasteiger partial charge < -0.3 is 20.2 Å². The average Bonchev–Trinajstić information content (AvgIpc) is 2.89. The first-order valence-electron chi connectivity index (χ1n) is 12.6. The lowest BCUT2D eigenvalue weighted by atomic mass is 10.1. The molecule has 0 bridgehead atoms. The van der Waals surface area contributed by atoms with Crippen LogP contribution in [0.15, 0.2) is 29.1 Å². The lowest BCUT2D eigenvalue weighted by Gasteiger charge is -2.39. The molecule has 0 aliphatic carbocycles. The van der Waals surface area contributed by atoms with Crippen LogP contribution in [0, 0.1) is 5.82 Å². The molecule has 1 aliphatic rings. The Hall–Kier alpha value is -2.82. The van der Waals surface area contributed by atoms with Gasteiger partial charge in [0.15, 0.2) is 5.69 Å². The van der Waals surface area contributed by atoms with E-state index in [1.807, 2.05) is 7.05 Å². The molecule has 1 saturated heterocycles. The molecule has 3 rings (SSSR count). The first-order chi connectivity index (χ1) is 17.2. The molecule has 1 aliphatic heterocycles. The molecule has 1 fully saturated rings. The van der Waals surface area contributed by atoms with Crippen LogP contribution in [0.3, 0.4) is 0 Å². The number of benzene rings is 1. The van der Waals surface area contributed by atoms with Crippen molar-refractivity contribution in [2.75, 3.05) is 52.9 Å². The molecule has 2 heterocycles. The van der Waals surface area contributed by atoms with Crippen LogP contribution in [0.4, 0.5) is 4.39 Å². The van der Waals surface area contributed by atoms with Gasteiger partial charge in [-0.3, -0.25) is 19.1 Å². The fraction of sp³-hybridized carbons (Fsp3) is 0.577. The summed E-state index contributed by atoms with van der Waals surface area (Å²) in [5, 5.41) is 12.9. The minimum atomic E-state index is -0.682. The van der Waals surface area contributed by atoms with Gasteiger partial charge in [0, 0.05) is 33.2 Å². The first-order valence-corrected chi connectivity index (χ1v) is 12.6. The smallest absolute Gasteiger partial charge is 0.296 e. The van der Waals surface area contributed by atoms with Crippen molar-refractivity contribution in [1.29, 1.82) is 0 Å². The Kier molecular flexibility index (Phi) is 11.5. The number of likely N-dealkylation sites (N-methyl/N-ethyl adjacent to an activating group) is 2. The minimum Gasteiger partial charge on any atom is -0.501 e. The Morgan fingerprint density at radius 3 is 2.25 bits per heavy atom. The lowest BCUT2D eigenvalue weighted by Crippen LogP contribution is -2.48. The summed E-state index contributed by atoms with van der Waals surface area (Å²) in [6.07, 6.45) is 0. The number of nitrogens with zero attached hydrogens (tertiary/aromatic N) is 5. The van der Waals surface area contributed by atoms with Crippen molar-refractivity contribution in [3.8, 4) is 5.75 Å². The topological polar surface area (TPSA) is 93.9 Å². The normalized spacial score (nSPS) is 16.5. The number of hydrogen-bond donors (Lipinski definition) is 2. The van der Waals surface area contributed by atoms with E-state index in [1.54, 1.807) is 19.2 Å². The summed E-state index contributed by atoms with van der Waals surface area (Å²) in [4.78, 5) is 36.3. The maximum Gasteiger partial charge on any atom is 0.296 e. The number of hydrogen-bond acceptors (Lipinski definition) is 7. The van der Waals surface area contributed by atoms with Gasteiger partial charge in [-0.25, -0.2) is 9.37 Å². The summed E-state index contributed by atoms with van der Waals surface area (Å²) < 4.78 is 14.3. The van der Waals surface area contributed by atoms with Crippen LogP contribution in [-0.4, -0.2) is 88.1 Å². The molecular weight excluding hydrogens is 463 g/mol. The van der Waals surface area contributed by atoms with E-state index in [9.17, 15) is 19.1 Å². The second-order valence-corrected chi connectivity index (χ2v) is 8.85. The number of nitrogens with one attached hydrogen (secondary N) is 1. The summed E-state index contributed by atoms with van der Waals surface area (Å²) >= 11 is 0. The van der Waals surface area contributed by atoms with Gasteiger partial charge in [0.25, 0.3) is 11.5 Å². The Morgan fingerprint density at radius 2 is 1.72 bits per heavy atom. The summed E-state index contributed by atoms with van der Waals surface area (Å²) in [5.41, 5.74) is -0.273. The molecule has 1 aromatic carbocycles. The van der Waals surface area contributed by atoms with Crippen LogP contribution in [0.2, 0.25) is 0 Å². The molecule has 2 aromatic rings. The molecule has 1 aromatic heterocycles. The van der Waals surface area contributed by atoms with Crippen LogP contribution in [0.5, 0.6) is 5.75 Å². The van der Waals surface area contributed by atoms with Crippen molar-refractivity contribution in [3.63, 3.8) is 0 Å². The number of carbonyl (C=O) groups excluding carboxylic acids is 1. The highest BCUT2D eigenvalue weighted by Crippen LogP contribution is 2.23. The monoisotopic (exact) mass is 504 g/mol. The largest absolute Gasteiger partial charge is 0.501 e. The predicted molar refractivity (Wildman–Crippen MR) is 140 cm³/mol. The van der Waals surface area contributed by atoms with Crippen molar-refractivity contribution >= 4 is 5.91 Å². The summed E-state index contributed by atoms with van der Waals surface area (Å²) in [5.74, 6) is -1.27. The van der Waals surface area contributed by atoms with E-state index >= 15 is 0 Å². The predicted octanol–water partition coefficient (Wildman–Crippen LogP) is 2.21. The molecule has 200 valence electrons. The number of halogens is 1. The van der Waals surface area contributed by atoms with Crippen LogP contribution < -0.4 is 10.9 Å². The van der Waals surface area contributed by atoms with Gasteiger partial charge in [0.1, 0.15) is 11.6 Å². The fourth-order valence-electron chi connectivity index (χ4n) is 4.10. The van der Waals surface area contributed by atoms with E-state index in [0.717, 1.165) is 19.6 Å². The number of piperazine rings is 1. The lowest BCUT2D eigenvalue weighted by molar-refractivity contribution is 0.0895. The highest BCUT2D eigenvalue weighted by atomic mass is 19.1. The fourth-order valence-corrected chi connectivity index (χ4v) is 4.10. The SMILES string of the molecule is CCN(CC)CC.CCN1CCN(C)C(c2nc(C(=O)NCc3ccc(F)cc3)c(O)c(=O)n2C)C1. The maximum absolute atomic E-state index is 13.0. The molecule has 0 radical (unpaired) electrons. The van der Waals surface area contributed by atoms with Crippen LogP contribution in [0.1, 0.15) is 55.6 Å². The van der Waals surface area contributed by atoms with E-state index in [4.69, 9.17) is 0 Å². The third-order valence-electron chi connectivity index (χ3n) is 6.70. The summed E-state index contributed by atoms with van der Waals surface area (Å²) in [6.45, 7) is 15.6. The molecule has 1 unspecified atom stereocenters. The van der Waals surface area contributed by atoms with E-state index < -0.39 is 17.2 Å². The Labute approximate surface area is 213 Å². The molecule has 0 spiro atoms. The molecule has 2 N–H and O–H groups in total. The zero-order valence-electron chi connectivity index (χ0n) is 22.4. The van der Waals surface area contributed by atoms with Gasteiger partial charge in [0.05, 0.1) is 6.04 Å². The molecular formula is C26H41FN6O3. The quantitative estimate of drug-likeness (QED) is 0.569. The van der Waals surface area contributed by atoms with Gasteiger partial charge in [0.2, 0.25) is 5.75 Å². The number of aromatic hydroxyl groups is 1. The van der Waals surface area contributed by atoms with E-state index in [2.05, 4.69) is 52.7 Å². The van der Waals surface area contributed by atoms with Crippen molar-refractivity contribution < 1.29 is 14.3 Å².